The van der Waals surface area contributed by atoms with Crippen LogP contribution in [0.4, 0.5) is 14.5 Å². The average molecular weight is 184 g/mol. The molecular formula is C9H10F2N2. The lowest BCUT2D eigenvalue weighted by atomic mass is 10.1. The first kappa shape index (κ1) is 9.67. The fourth-order valence-electron chi connectivity index (χ4n) is 0.933. The third-order valence-corrected chi connectivity index (χ3v) is 1.53. The first-order chi connectivity index (χ1) is 6.15. The molecule has 0 spiro atoms. The lowest BCUT2D eigenvalue weighted by Gasteiger charge is -1.99. The molecule has 0 bridgehead atoms. The molecule has 4 N–H and O–H groups in total. The van der Waals surface area contributed by atoms with Crippen LogP contribution in [0.25, 0.3) is 6.08 Å². The van der Waals surface area contributed by atoms with Gasteiger partial charge in [-0.15, -0.1) is 0 Å². The summed E-state index contributed by atoms with van der Waals surface area (Å²) in [6, 6.07) is 2.42. The van der Waals surface area contributed by atoms with E-state index in [9.17, 15) is 8.78 Å². The summed E-state index contributed by atoms with van der Waals surface area (Å²) < 4.78 is 25.4. The predicted molar refractivity (Wildman–Crippen MR) is 48.9 cm³/mol. The van der Waals surface area contributed by atoms with Crippen molar-refractivity contribution in [2.45, 2.75) is 0 Å². The van der Waals surface area contributed by atoms with Crippen molar-refractivity contribution in [1.82, 2.24) is 0 Å². The van der Waals surface area contributed by atoms with E-state index in [1.165, 1.54) is 6.07 Å². The van der Waals surface area contributed by atoms with Gasteiger partial charge in [0.05, 0.1) is 5.69 Å². The minimum atomic E-state index is -1.01. The molecule has 0 aliphatic carbocycles. The minimum absolute atomic E-state index is 0.198. The van der Waals surface area contributed by atoms with Crippen LogP contribution < -0.4 is 11.5 Å². The highest BCUT2D eigenvalue weighted by atomic mass is 19.2. The summed E-state index contributed by atoms with van der Waals surface area (Å²) in [6.45, 7) is 0.346. The summed E-state index contributed by atoms with van der Waals surface area (Å²) in [7, 11) is 0. The molecule has 13 heavy (non-hydrogen) atoms. The van der Waals surface area contributed by atoms with Crippen LogP contribution in [0.3, 0.4) is 0 Å². The Labute approximate surface area is 74.8 Å². The van der Waals surface area contributed by atoms with Crippen molar-refractivity contribution >= 4 is 11.8 Å². The molecule has 0 amide bonds. The van der Waals surface area contributed by atoms with Gasteiger partial charge in [0.1, 0.15) is 0 Å². The number of nitrogen functional groups attached to an aromatic ring is 1. The minimum Gasteiger partial charge on any atom is -0.396 e. The molecule has 4 heteroatoms. The van der Waals surface area contributed by atoms with E-state index in [1.54, 1.807) is 12.2 Å². The molecule has 1 aromatic rings. The Bertz CT molecular complexity index is 311. The summed E-state index contributed by atoms with van der Waals surface area (Å²) in [5.74, 6) is -1.96. The summed E-state index contributed by atoms with van der Waals surface area (Å²) in [6.07, 6.45) is 3.21. The average Bonchev–Trinajstić information content (AvgIpc) is 2.10. The van der Waals surface area contributed by atoms with E-state index in [0.717, 1.165) is 6.07 Å². The molecule has 1 aromatic carbocycles. The fraction of sp³-hybridized carbons (Fsp3) is 0.111. The van der Waals surface area contributed by atoms with E-state index in [4.69, 9.17) is 11.5 Å². The summed E-state index contributed by atoms with van der Waals surface area (Å²) in [4.78, 5) is 0. The zero-order valence-electron chi connectivity index (χ0n) is 6.93. The van der Waals surface area contributed by atoms with Gasteiger partial charge in [0.15, 0.2) is 11.6 Å². The van der Waals surface area contributed by atoms with Gasteiger partial charge in [0.2, 0.25) is 0 Å². The van der Waals surface area contributed by atoms with Gasteiger partial charge in [-0.3, -0.25) is 0 Å². The maximum absolute atomic E-state index is 12.7. The van der Waals surface area contributed by atoms with Gasteiger partial charge >= 0.3 is 0 Å². The van der Waals surface area contributed by atoms with E-state index in [2.05, 4.69) is 0 Å². The van der Waals surface area contributed by atoms with Crippen LogP contribution in [0, 0.1) is 11.6 Å². The molecule has 0 aliphatic rings. The molecule has 0 fully saturated rings. The van der Waals surface area contributed by atoms with E-state index < -0.39 is 11.6 Å². The number of nitrogens with two attached hydrogens (primary N) is 2. The van der Waals surface area contributed by atoms with Gasteiger partial charge in [0.25, 0.3) is 0 Å². The maximum Gasteiger partial charge on any atom is 0.181 e. The standard InChI is InChI=1S/C9H10F2N2/c10-7-4-6(2-1-3-12)5-8(13)9(7)11/h1-2,4-5H,3,12-13H2/b2-1+. The number of halogens is 2. The lowest BCUT2D eigenvalue weighted by molar-refractivity contribution is 0.512. The van der Waals surface area contributed by atoms with Crippen LogP contribution in [0.2, 0.25) is 0 Å². The van der Waals surface area contributed by atoms with Crippen molar-refractivity contribution in [3.63, 3.8) is 0 Å². The normalized spacial score (nSPS) is 11.0. The van der Waals surface area contributed by atoms with Crippen LogP contribution in [-0.4, -0.2) is 6.54 Å². The number of rotatable bonds is 2. The molecule has 0 unspecified atom stereocenters. The van der Waals surface area contributed by atoms with Gasteiger partial charge in [-0.1, -0.05) is 12.2 Å². The maximum atomic E-state index is 12.7. The van der Waals surface area contributed by atoms with Gasteiger partial charge in [-0.2, -0.15) is 0 Å². The molecule has 0 aromatic heterocycles. The second-order valence-electron chi connectivity index (χ2n) is 2.54. The van der Waals surface area contributed by atoms with Crippen molar-refractivity contribution in [3.8, 4) is 0 Å². The zero-order chi connectivity index (χ0) is 9.84. The van der Waals surface area contributed by atoms with Gasteiger partial charge in [-0.25, -0.2) is 8.78 Å². The van der Waals surface area contributed by atoms with Crippen molar-refractivity contribution < 1.29 is 8.78 Å². The molecule has 70 valence electrons. The Morgan fingerprint density at radius 3 is 2.54 bits per heavy atom. The zero-order valence-corrected chi connectivity index (χ0v) is 6.93. The summed E-state index contributed by atoms with van der Waals surface area (Å²) in [5, 5.41) is 0. The van der Waals surface area contributed by atoms with Crippen molar-refractivity contribution in [2.75, 3.05) is 12.3 Å². The molecule has 0 saturated carbocycles. The van der Waals surface area contributed by atoms with Gasteiger partial charge < -0.3 is 11.5 Å². The Morgan fingerprint density at radius 2 is 2.00 bits per heavy atom. The highest BCUT2D eigenvalue weighted by molar-refractivity contribution is 5.56. The van der Waals surface area contributed by atoms with E-state index in [-0.39, 0.29) is 5.69 Å². The third kappa shape index (κ3) is 2.26. The predicted octanol–water partition coefficient (Wildman–Crippen LogP) is 1.52. The molecule has 2 nitrogen and oxygen atoms in total. The molecular weight excluding hydrogens is 174 g/mol. The number of hydrogen-bond donors (Lipinski definition) is 2. The molecule has 1 rings (SSSR count). The quantitative estimate of drug-likeness (QED) is 0.684. The van der Waals surface area contributed by atoms with Crippen LogP contribution in [-0.2, 0) is 0 Å². The molecule has 0 aliphatic heterocycles. The molecule has 0 atom stereocenters. The number of hydrogen-bond acceptors (Lipinski definition) is 2. The first-order valence-electron chi connectivity index (χ1n) is 3.76. The highest BCUT2D eigenvalue weighted by Gasteiger charge is 2.05. The Morgan fingerprint density at radius 1 is 1.31 bits per heavy atom. The highest BCUT2D eigenvalue weighted by Crippen LogP contribution is 2.17. The Hall–Kier alpha value is -1.42. The van der Waals surface area contributed by atoms with Crippen molar-refractivity contribution in [3.05, 3.63) is 35.4 Å². The Balaban J connectivity index is 3.06. The SMILES string of the molecule is NC/C=C/c1cc(N)c(F)c(F)c1. The largest absolute Gasteiger partial charge is 0.396 e. The van der Waals surface area contributed by atoms with Gasteiger partial charge in [0, 0.05) is 6.54 Å². The topological polar surface area (TPSA) is 52.0 Å². The second-order valence-corrected chi connectivity index (χ2v) is 2.54. The summed E-state index contributed by atoms with van der Waals surface area (Å²) in [5.41, 5.74) is 10.7. The van der Waals surface area contributed by atoms with Crippen LogP contribution in [0.15, 0.2) is 18.2 Å². The molecule has 0 saturated heterocycles. The fourth-order valence-corrected chi connectivity index (χ4v) is 0.933. The number of anilines is 1. The molecule has 0 radical (unpaired) electrons. The van der Waals surface area contributed by atoms with E-state index in [0.29, 0.717) is 12.1 Å². The summed E-state index contributed by atoms with van der Waals surface area (Å²) >= 11 is 0. The molecule has 0 heterocycles. The number of benzene rings is 1. The lowest BCUT2D eigenvalue weighted by Crippen LogP contribution is -1.96. The second kappa shape index (κ2) is 4.00. The van der Waals surface area contributed by atoms with Gasteiger partial charge in [-0.05, 0) is 17.7 Å². The van der Waals surface area contributed by atoms with E-state index in [1.807, 2.05) is 0 Å². The van der Waals surface area contributed by atoms with Crippen LogP contribution in [0.5, 0.6) is 0 Å². The third-order valence-electron chi connectivity index (χ3n) is 1.53. The monoisotopic (exact) mass is 184 g/mol. The smallest absolute Gasteiger partial charge is 0.181 e. The van der Waals surface area contributed by atoms with Crippen molar-refractivity contribution in [2.24, 2.45) is 5.73 Å². The van der Waals surface area contributed by atoms with Crippen LogP contribution >= 0.6 is 0 Å². The van der Waals surface area contributed by atoms with Crippen molar-refractivity contribution in [1.29, 1.82) is 0 Å². The Kier molecular flexibility index (Phi) is 2.97. The van der Waals surface area contributed by atoms with Crippen LogP contribution in [0.1, 0.15) is 5.56 Å². The first-order valence-corrected chi connectivity index (χ1v) is 3.76. The van der Waals surface area contributed by atoms with E-state index >= 15 is 0 Å².